The zero-order chi connectivity index (χ0) is 17.4. The minimum Gasteiger partial charge on any atom is -0.366 e. The fourth-order valence-corrected chi connectivity index (χ4v) is 4.93. The summed E-state index contributed by atoms with van der Waals surface area (Å²) in [4.78, 5) is 18.7. The largest absolute Gasteiger partial charge is 0.366 e. The Bertz CT molecular complexity index is 1080. The van der Waals surface area contributed by atoms with Crippen molar-refractivity contribution in [3.8, 4) is 11.3 Å². The molecule has 2 heterocycles. The maximum atomic E-state index is 11.9. The first-order valence-electron chi connectivity index (χ1n) is 7.86. The molecule has 3 N–H and O–H groups in total. The Morgan fingerprint density at radius 3 is 2.76 bits per heavy atom. The number of aromatic nitrogens is 1. The van der Waals surface area contributed by atoms with Crippen LogP contribution in [0.2, 0.25) is 0 Å². The Balaban J connectivity index is 1.91. The fraction of sp³-hybridized carbons (Fsp3) is 0.0500. The maximum Gasteiger partial charge on any atom is 0.249 e. The summed E-state index contributed by atoms with van der Waals surface area (Å²) in [6.07, 6.45) is 0. The van der Waals surface area contributed by atoms with Crippen molar-refractivity contribution < 1.29 is 4.79 Å². The molecule has 0 aliphatic heterocycles. The highest BCUT2D eigenvalue weighted by atomic mass is 32.2. The van der Waals surface area contributed by atoms with Crippen molar-refractivity contribution in [1.29, 1.82) is 0 Å². The molecule has 2 aromatic heterocycles. The summed E-state index contributed by atoms with van der Waals surface area (Å²) in [5.41, 5.74) is 9.13. The lowest BCUT2D eigenvalue weighted by atomic mass is 10.0. The van der Waals surface area contributed by atoms with Gasteiger partial charge in [0.2, 0.25) is 5.91 Å². The monoisotopic (exact) mass is 364 g/mol. The van der Waals surface area contributed by atoms with Gasteiger partial charge in [0.05, 0.1) is 5.69 Å². The van der Waals surface area contributed by atoms with Gasteiger partial charge in [0.25, 0.3) is 0 Å². The fourth-order valence-electron chi connectivity index (χ4n) is 2.90. The van der Waals surface area contributed by atoms with Gasteiger partial charge in [-0.05, 0) is 36.6 Å². The van der Waals surface area contributed by atoms with Gasteiger partial charge in [-0.15, -0.1) is 11.3 Å². The number of nitrogens with two attached hydrogens (primary N) is 1. The van der Waals surface area contributed by atoms with Gasteiger partial charge < -0.3 is 10.7 Å². The summed E-state index contributed by atoms with van der Waals surface area (Å²) in [6, 6.07) is 18.0. The lowest BCUT2D eigenvalue weighted by molar-refractivity contribution is 0.100. The summed E-state index contributed by atoms with van der Waals surface area (Å²) >= 11 is 3.37. The van der Waals surface area contributed by atoms with Crippen LogP contribution in [0.25, 0.3) is 21.5 Å². The van der Waals surface area contributed by atoms with Crippen LogP contribution in [0.4, 0.5) is 0 Å². The first-order chi connectivity index (χ1) is 12.1. The SMILES string of the molecule is Cc1cccc(Sc2c(-c3ccccc3C(N)=O)[nH]c3sccc23)c1. The second-order valence-corrected chi connectivity index (χ2v) is 7.82. The highest BCUT2D eigenvalue weighted by molar-refractivity contribution is 7.99. The van der Waals surface area contributed by atoms with Gasteiger partial charge in [0.15, 0.2) is 0 Å². The van der Waals surface area contributed by atoms with Crippen molar-refractivity contribution in [2.75, 3.05) is 0 Å². The van der Waals surface area contributed by atoms with Crippen LogP contribution in [0.3, 0.4) is 0 Å². The number of aryl methyl sites for hydroxylation is 1. The molecule has 4 aromatic rings. The highest BCUT2D eigenvalue weighted by Crippen LogP contribution is 2.43. The number of amides is 1. The number of primary amides is 1. The van der Waals surface area contributed by atoms with E-state index in [1.54, 1.807) is 29.2 Å². The number of hydrogen-bond donors (Lipinski definition) is 2. The van der Waals surface area contributed by atoms with Crippen LogP contribution in [0.5, 0.6) is 0 Å². The van der Waals surface area contributed by atoms with E-state index >= 15 is 0 Å². The lowest BCUT2D eigenvalue weighted by Crippen LogP contribution is -2.12. The molecule has 5 heteroatoms. The van der Waals surface area contributed by atoms with Crippen molar-refractivity contribution in [3.05, 3.63) is 71.1 Å². The third-order valence-electron chi connectivity index (χ3n) is 4.05. The normalized spacial score (nSPS) is 11.1. The van der Waals surface area contributed by atoms with E-state index in [0.717, 1.165) is 21.0 Å². The molecule has 0 aliphatic rings. The molecule has 0 aliphatic carbocycles. The van der Waals surface area contributed by atoms with E-state index in [1.807, 2.05) is 18.2 Å². The van der Waals surface area contributed by atoms with Crippen molar-refractivity contribution >= 4 is 39.2 Å². The first-order valence-corrected chi connectivity index (χ1v) is 9.56. The van der Waals surface area contributed by atoms with E-state index in [9.17, 15) is 4.79 Å². The number of carbonyl (C=O) groups is 1. The van der Waals surface area contributed by atoms with Crippen LogP contribution in [0, 0.1) is 6.92 Å². The Labute approximate surface area is 153 Å². The molecular formula is C20H16N2OS2. The van der Waals surface area contributed by atoms with Gasteiger partial charge in [-0.2, -0.15) is 0 Å². The van der Waals surface area contributed by atoms with E-state index in [2.05, 4.69) is 47.6 Å². The van der Waals surface area contributed by atoms with Gasteiger partial charge in [-0.1, -0.05) is 47.7 Å². The average molecular weight is 364 g/mol. The molecule has 0 radical (unpaired) electrons. The maximum absolute atomic E-state index is 11.9. The average Bonchev–Trinajstić information content (AvgIpc) is 3.17. The molecule has 25 heavy (non-hydrogen) atoms. The Morgan fingerprint density at radius 1 is 1.12 bits per heavy atom. The number of thiophene rings is 1. The van der Waals surface area contributed by atoms with Crippen LogP contribution in [0.1, 0.15) is 15.9 Å². The van der Waals surface area contributed by atoms with Crippen LogP contribution in [0.15, 0.2) is 69.8 Å². The summed E-state index contributed by atoms with van der Waals surface area (Å²) in [5, 5.41) is 3.25. The molecule has 0 atom stereocenters. The first kappa shape index (κ1) is 16.0. The Hall–Kier alpha value is -2.50. The smallest absolute Gasteiger partial charge is 0.249 e. The van der Waals surface area contributed by atoms with Gasteiger partial charge in [0, 0.05) is 26.3 Å². The molecular weight excluding hydrogens is 348 g/mol. The molecule has 4 rings (SSSR count). The van der Waals surface area contributed by atoms with Gasteiger partial charge in [0.1, 0.15) is 4.83 Å². The topological polar surface area (TPSA) is 58.9 Å². The van der Waals surface area contributed by atoms with Crippen LogP contribution in [-0.2, 0) is 0 Å². The molecule has 0 saturated heterocycles. The number of nitrogens with one attached hydrogen (secondary N) is 1. The van der Waals surface area contributed by atoms with Crippen LogP contribution >= 0.6 is 23.1 Å². The summed E-state index contributed by atoms with van der Waals surface area (Å²) < 4.78 is 0. The second-order valence-electron chi connectivity index (χ2n) is 5.82. The Morgan fingerprint density at radius 2 is 1.96 bits per heavy atom. The van der Waals surface area contributed by atoms with E-state index in [1.165, 1.54) is 15.8 Å². The van der Waals surface area contributed by atoms with E-state index < -0.39 is 5.91 Å². The molecule has 0 bridgehead atoms. The number of aromatic amines is 1. The minimum absolute atomic E-state index is 0.417. The third-order valence-corrected chi connectivity index (χ3v) is 5.99. The molecule has 3 nitrogen and oxygen atoms in total. The molecule has 2 aromatic carbocycles. The number of H-pyrrole nitrogens is 1. The molecule has 1 amide bonds. The molecule has 0 spiro atoms. The number of rotatable bonds is 4. The molecule has 0 saturated carbocycles. The quantitative estimate of drug-likeness (QED) is 0.505. The van der Waals surface area contributed by atoms with Gasteiger partial charge >= 0.3 is 0 Å². The van der Waals surface area contributed by atoms with Crippen LogP contribution in [-0.4, -0.2) is 10.9 Å². The molecule has 0 unspecified atom stereocenters. The van der Waals surface area contributed by atoms with Gasteiger partial charge in [-0.25, -0.2) is 0 Å². The van der Waals surface area contributed by atoms with Gasteiger partial charge in [-0.3, -0.25) is 4.79 Å². The summed E-state index contributed by atoms with van der Waals surface area (Å²) in [5.74, 6) is -0.417. The van der Waals surface area contributed by atoms with E-state index in [-0.39, 0.29) is 0 Å². The van der Waals surface area contributed by atoms with Crippen molar-refractivity contribution in [1.82, 2.24) is 4.98 Å². The standard InChI is InChI=1S/C20H16N2OS2/c1-12-5-4-6-13(11-12)25-18-16-9-10-24-20(16)22-17(18)14-7-2-3-8-15(14)19(21)23/h2-11,22H,1H3,(H2,21,23). The minimum atomic E-state index is -0.417. The number of hydrogen-bond acceptors (Lipinski definition) is 3. The second kappa shape index (κ2) is 6.43. The summed E-state index contributed by atoms with van der Waals surface area (Å²) in [6.45, 7) is 2.09. The van der Waals surface area contributed by atoms with E-state index in [0.29, 0.717) is 5.56 Å². The number of fused-ring (bicyclic) bond motifs is 1. The van der Waals surface area contributed by atoms with E-state index in [4.69, 9.17) is 5.73 Å². The predicted molar refractivity (Wildman–Crippen MR) is 105 cm³/mol. The number of carbonyl (C=O) groups excluding carboxylic acids is 1. The van der Waals surface area contributed by atoms with Crippen molar-refractivity contribution in [2.45, 2.75) is 16.7 Å². The third kappa shape index (κ3) is 2.97. The predicted octanol–water partition coefficient (Wildman–Crippen LogP) is 5.45. The van der Waals surface area contributed by atoms with Crippen molar-refractivity contribution in [2.24, 2.45) is 5.73 Å². The summed E-state index contributed by atoms with van der Waals surface area (Å²) in [7, 11) is 0. The molecule has 0 fully saturated rings. The zero-order valence-corrected chi connectivity index (χ0v) is 15.2. The van der Waals surface area contributed by atoms with Crippen molar-refractivity contribution in [3.63, 3.8) is 0 Å². The lowest BCUT2D eigenvalue weighted by Gasteiger charge is -2.09. The Kier molecular flexibility index (Phi) is 4.11. The number of benzene rings is 2. The van der Waals surface area contributed by atoms with Crippen LogP contribution < -0.4 is 5.73 Å². The highest BCUT2D eigenvalue weighted by Gasteiger charge is 2.19. The molecule has 124 valence electrons. The zero-order valence-electron chi connectivity index (χ0n) is 13.6.